The topological polar surface area (TPSA) is 71.2 Å². The number of hydrogen-bond donors (Lipinski definition) is 1. The van der Waals surface area contributed by atoms with Crippen LogP contribution in [0.5, 0.6) is 0 Å². The first-order valence-corrected chi connectivity index (χ1v) is 11.9. The third kappa shape index (κ3) is 3.86. The van der Waals surface area contributed by atoms with Crippen LogP contribution in [0.15, 0.2) is 24.5 Å². The molecule has 7 nitrogen and oxygen atoms in total. The maximum absolute atomic E-state index is 4.91. The van der Waals surface area contributed by atoms with Gasteiger partial charge < -0.3 is 10.2 Å². The second-order valence-corrected chi connectivity index (χ2v) is 11.5. The number of thiazole rings is 1. The van der Waals surface area contributed by atoms with Gasteiger partial charge in [0, 0.05) is 24.2 Å². The van der Waals surface area contributed by atoms with E-state index in [9.17, 15) is 0 Å². The Morgan fingerprint density at radius 2 is 1.78 bits per heavy atom. The molecule has 5 rings (SSSR count). The summed E-state index contributed by atoms with van der Waals surface area (Å²) in [7, 11) is 2.18. The molecule has 0 atom stereocenters. The van der Waals surface area contributed by atoms with Gasteiger partial charge in [0.05, 0.1) is 28.5 Å². The van der Waals surface area contributed by atoms with Gasteiger partial charge in [-0.05, 0) is 72.1 Å². The van der Waals surface area contributed by atoms with Crippen LogP contribution in [0.1, 0.15) is 51.8 Å². The molecule has 0 bridgehead atoms. The zero-order chi connectivity index (χ0) is 22.8. The SMILES string of the molecule is Cc1cn2nc(-c3cc4sc(N(C)C5CC(C)(C)NC(C)(C)C5)nc4cn3)cc(C)c2n1. The van der Waals surface area contributed by atoms with Gasteiger partial charge in [-0.25, -0.2) is 14.5 Å². The minimum absolute atomic E-state index is 0.0972. The molecule has 1 saturated heterocycles. The average molecular weight is 450 g/mol. The van der Waals surface area contributed by atoms with Crippen molar-refractivity contribution < 1.29 is 0 Å². The summed E-state index contributed by atoms with van der Waals surface area (Å²) in [5, 5.41) is 9.56. The maximum Gasteiger partial charge on any atom is 0.186 e. The predicted octanol–water partition coefficient (Wildman–Crippen LogP) is 4.76. The van der Waals surface area contributed by atoms with Crippen LogP contribution in [0.3, 0.4) is 0 Å². The Hall–Kier alpha value is -2.58. The van der Waals surface area contributed by atoms with E-state index in [1.165, 1.54) is 0 Å². The van der Waals surface area contributed by atoms with Crippen molar-refractivity contribution >= 4 is 32.3 Å². The quantitative estimate of drug-likeness (QED) is 0.486. The van der Waals surface area contributed by atoms with E-state index in [1.807, 2.05) is 23.8 Å². The number of piperidine rings is 1. The fourth-order valence-electron chi connectivity index (χ4n) is 5.18. The Morgan fingerprint density at radius 1 is 1.06 bits per heavy atom. The van der Waals surface area contributed by atoms with Crippen molar-refractivity contribution in [3.05, 3.63) is 35.8 Å². The molecule has 0 unspecified atom stereocenters. The highest BCUT2D eigenvalue weighted by Crippen LogP contribution is 2.36. The number of aromatic nitrogens is 5. The summed E-state index contributed by atoms with van der Waals surface area (Å²) in [4.78, 5) is 16.5. The molecule has 32 heavy (non-hydrogen) atoms. The molecule has 0 aliphatic carbocycles. The van der Waals surface area contributed by atoms with E-state index in [1.54, 1.807) is 11.3 Å². The van der Waals surface area contributed by atoms with Gasteiger partial charge >= 0.3 is 0 Å². The number of hydrogen-bond acceptors (Lipinski definition) is 7. The van der Waals surface area contributed by atoms with Crippen LogP contribution in [0, 0.1) is 13.8 Å². The molecule has 0 spiro atoms. The molecule has 8 heteroatoms. The number of nitrogens with one attached hydrogen (secondary N) is 1. The second kappa shape index (κ2) is 7.22. The molecule has 0 aromatic carbocycles. The first kappa shape index (κ1) is 21.3. The Bertz CT molecular complexity index is 1300. The third-order valence-corrected chi connectivity index (χ3v) is 7.38. The number of imidazole rings is 1. The van der Waals surface area contributed by atoms with Crippen molar-refractivity contribution in [2.24, 2.45) is 0 Å². The lowest BCUT2D eigenvalue weighted by Crippen LogP contribution is -2.61. The Kier molecular flexibility index (Phi) is 4.80. The summed E-state index contributed by atoms with van der Waals surface area (Å²) < 4.78 is 2.98. The maximum atomic E-state index is 4.91. The van der Waals surface area contributed by atoms with Gasteiger partial charge in [-0.2, -0.15) is 5.10 Å². The Morgan fingerprint density at radius 3 is 2.50 bits per heavy atom. The number of fused-ring (bicyclic) bond motifs is 2. The monoisotopic (exact) mass is 449 g/mol. The summed E-state index contributed by atoms with van der Waals surface area (Å²) in [6.45, 7) is 13.2. The van der Waals surface area contributed by atoms with Gasteiger partial charge in [0.15, 0.2) is 10.8 Å². The van der Waals surface area contributed by atoms with E-state index in [0.29, 0.717) is 6.04 Å². The van der Waals surface area contributed by atoms with Crippen molar-refractivity contribution in [2.75, 3.05) is 11.9 Å². The molecule has 1 aliphatic rings. The molecule has 0 amide bonds. The third-order valence-electron chi connectivity index (χ3n) is 6.27. The van der Waals surface area contributed by atoms with E-state index in [-0.39, 0.29) is 11.1 Å². The van der Waals surface area contributed by atoms with Crippen LogP contribution in [0.4, 0.5) is 5.13 Å². The van der Waals surface area contributed by atoms with E-state index in [0.717, 1.165) is 56.5 Å². The number of rotatable bonds is 3. The van der Waals surface area contributed by atoms with Gasteiger partial charge in [0.25, 0.3) is 0 Å². The smallest absolute Gasteiger partial charge is 0.186 e. The fourth-order valence-corrected chi connectivity index (χ4v) is 6.19. The summed E-state index contributed by atoms with van der Waals surface area (Å²) in [5.74, 6) is 0. The van der Waals surface area contributed by atoms with Crippen molar-refractivity contribution in [1.82, 2.24) is 29.9 Å². The zero-order valence-corrected chi connectivity index (χ0v) is 20.7. The molecule has 5 heterocycles. The van der Waals surface area contributed by atoms with Crippen LogP contribution in [-0.2, 0) is 0 Å². The summed E-state index contributed by atoms with van der Waals surface area (Å²) in [5.41, 5.74) is 5.77. The summed E-state index contributed by atoms with van der Waals surface area (Å²) in [6, 6.07) is 4.60. The second-order valence-electron chi connectivity index (χ2n) is 10.5. The summed E-state index contributed by atoms with van der Waals surface area (Å²) in [6.07, 6.45) is 5.99. The van der Waals surface area contributed by atoms with Crippen molar-refractivity contribution in [3.8, 4) is 11.4 Å². The van der Waals surface area contributed by atoms with E-state index >= 15 is 0 Å². The van der Waals surface area contributed by atoms with Crippen LogP contribution < -0.4 is 10.2 Å². The first-order chi connectivity index (χ1) is 15.0. The van der Waals surface area contributed by atoms with Crippen LogP contribution in [-0.4, -0.2) is 48.7 Å². The lowest BCUT2D eigenvalue weighted by atomic mass is 9.79. The Balaban J connectivity index is 1.48. The highest BCUT2D eigenvalue weighted by molar-refractivity contribution is 7.22. The minimum Gasteiger partial charge on any atom is -0.348 e. The van der Waals surface area contributed by atoms with E-state index < -0.39 is 0 Å². The summed E-state index contributed by atoms with van der Waals surface area (Å²) >= 11 is 1.73. The lowest BCUT2D eigenvalue weighted by Gasteiger charge is -2.48. The normalized spacial score (nSPS) is 18.5. The molecule has 0 radical (unpaired) electrons. The van der Waals surface area contributed by atoms with E-state index in [2.05, 4.69) is 74.0 Å². The molecule has 1 fully saturated rings. The molecule has 1 N–H and O–H groups in total. The average Bonchev–Trinajstić information content (AvgIpc) is 3.27. The van der Waals surface area contributed by atoms with Crippen LogP contribution in [0.2, 0.25) is 0 Å². The molecule has 1 aliphatic heterocycles. The molecule has 168 valence electrons. The fraction of sp³-hybridized carbons (Fsp3) is 0.500. The van der Waals surface area contributed by atoms with E-state index in [4.69, 9.17) is 10.1 Å². The molecule has 0 saturated carbocycles. The predicted molar refractivity (Wildman–Crippen MR) is 132 cm³/mol. The molecule has 4 aromatic heterocycles. The standard InChI is InChI=1S/C24H31N7S/c1-14-8-18(28-31-13-15(2)26-21(14)31)17-9-20-19(12-25-17)27-22(32-20)30(7)16-10-23(3,4)29-24(5,6)11-16/h8-9,12-13,16,29H,10-11H2,1-7H3. The van der Waals surface area contributed by atoms with Crippen LogP contribution >= 0.6 is 11.3 Å². The zero-order valence-electron chi connectivity index (χ0n) is 19.9. The molecular weight excluding hydrogens is 418 g/mol. The largest absolute Gasteiger partial charge is 0.348 e. The number of nitrogens with zero attached hydrogens (tertiary/aromatic N) is 6. The van der Waals surface area contributed by atoms with Gasteiger partial charge in [-0.15, -0.1) is 0 Å². The Labute approximate surface area is 192 Å². The molecule has 4 aromatic rings. The highest BCUT2D eigenvalue weighted by atomic mass is 32.1. The number of aryl methyl sites for hydroxylation is 2. The molecular formula is C24H31N7S. The lowest BCUT2D eigenvalue weighted by molar-refractivity contribution is 0.161. The van der Waals surface area contributed by atoms with Crippen molar-refractivity contribution in [1.29, 1.82) is 0 Å². The van der Waals surface area contributed by atoms with Gasteiger partial charge in [-0.1, -0.05) is 11.3 Å². The minimum atomic E-state index is 0.0972. The van der Waals surface area contributed by atoms with Crippen molar-refractivity contribution in [2.45, 2.75) is 71.5 Å². The van der Waals surface area contributed by atoms with Gasteiger partial charge in [0.1, 0.15) is 11.2 Å². The van der Waals surface area contributed by atoms with Gasteiger partial charge in [0.2, 0.25) is 0 Å². The number of pyridine rings is 1. The number of anilines is 1. The van der Waals surface area contributed by atoms with Crippen LogP contribution in [0.25, 0.3) is 27.3 Å². The first-order valence-electron chi connectivity index (χ1n) is 11.1. The van der Waals surface area contributed by atoms with Gasteiger partial charge in [-0.3, -0.25) is 4.98 Å². The van der Waals surface area contributed by atoms with Crippen molar-refractivity contribution in [3.63, 3.8) is 0 Å². The highest BCUT2D eigenvalue weighted by Gasteiger charge is 2.39.